The average molecular weight is 491 g/mol. The predicted octanol–water partition coefficient (Wildman–Crippen LogP) is 4.12. The number of carbonyl (C=O) groups excluding carboxylic acids is 1. The van der Waals surface area contributed by atoms with Crippen molar-refractivity contribution >= 4 is 11.7 Å². The first-order chi connectivity index (χ1) is 16.8. The molecule has 0 atom stereocenters. The van der Waals surface area contributed by atoms with E-state index in [4.69, 9.17) is 14.0 Å². The number of methoxy groups -OCH3 is 2. The maximum Gasteiger partial charge on any atom is 0.416 e. The van der Waals surface area contributed by atoms with Gasteiger partial charge in [-0.2, -0.15) is 18.2 Å². The van der Waals surface area contributed by atoms with Gasteiger partial charge in [-0.25, -0.2) is 4.79 Å². The molecule has 0 aliphatic carbocycles. The van der Waals surface area contributed by atoms with E-state index in [1.165, 1.54) is 19.2 Å². The zero-order valence-corrected chi connectivity index (χ0v) is 19.1. The molecule has 0 radical (unpaired) electrons. The van der Waals surface area contributed by atoms with Gasteiger partial charge in [0.05, 0.1) is 32.0 Å². The molecule has 1 aliphatic heterocycles. The summed E-state index contributed by atoms with van der Waals surface area (Å²) in [6.45, 7) is 2.57. The van der Waals surface area contributed by atoms with Crippen molar-refractivity contribution in [3.05, 3.63) is 53.9 Å². The maximum atomic E-state index is 12.7. The molecule has 12 heteroatoms. The van der Waals surface area contributed by atoms with Gasteiger partial charge < -0.3 is 24.2 Å². The number of halogens is 3. The molecule has 0 spiro atoms. The summed E-state index contributed by atoms with van der Waals surface area (Å²) in [6.07, 6.45) is -4.40. The number of hydrogen-bond donors (Lipinski definition) is 1. The van der Waals surface area contributed by atoms with E-state index >= 15 is 0 Å². The number of amides is 2. The molecule has 0 bridgehead atoms. The first kappa shape index (κ1) is 24.3. The molecule has 9 nitrogen and oxygen atoms in total. The summed E-state index contributed by atoms with van der Waals surface area (Å²) in [7, 11) is 3.07. The first-order valence-electron chi connectivity index (χ1n) is 10.8. The Morgan fingerprint density at radius 3 is 2.40 bits per heavy atom. The van der Waals surface area contributed by atoms with E-state index in [0.29, 0.717) is 61.3 Å². The second-order valence-corrected chi connectivity index (χ2v) is 7.85. The molecule has 2 aromatic carbocycles. The molecule has 4 rings (SSSR count). The summed E-state index contributed by atoms with van der Waals surface area (Å²) < 4.78 is 53.9. The Bertz CT molecular complexity index is 1160. The standard InChI is InChI=1S/C23H24F3N5O4/c1-33-17-7-8-18(19(13-17)34-2)27-22(32)31-11-9-30(10-12-31)14-20-28-21(35-29-20)15-3-5-16(6-4-15)23(24,25)26/h3-8,13H,9-12,14H2,1-2H3,(H,27,32). The van der Waals surface area contributed by atoms with Crippen LogP contribution in [0.3, 0.4) is 0 Å². The third-order valence-corrected chi connectivity index (χ3v) is 5.60. The van der Waals surface area contributed by atoms with Gasteiger partial charge in [-0.15, -0.1) is 0 Å². The van der Waals surface area contributed by atoms with Crippen molar-refractivity contribution in [3.63, 3.8) is 0 Å². The second kappa shape index (κ2) is 10.2. The number of piperazine rings is 1. The maximum absolute atomic E-state index is 12.7. The first-order valence-corrected chi connectivity index (χ1v) is 10.8. The molecule has 1 aliphatic rings. The van der Waals surface area contributed by atoms with E-state index in [1.54, 1.807) is 30.2 Å². The largest absolute Gasteiger partial charge is 0.497 e. The van der Waals surface area contributed by atoms with Crippen molar-refractivity contribution in [1.82, 2.24) is 19.9 Å². The molecule has 2 amide bonds. The summed E-state index contributed by atoms with van der Waals surface area (Å²) in [6, 6.07) is 9.46. The molecule has 186 valence electrons. The number of anilines is 1. The topological polar surface area (TPSA) is 93.0 Å². The van der Waals surface area contributed by atoms with Gasteiger partial charge in [0.15, 0.2) is 5.82 Å². The lowest BCUT2D eigenvalue weighted by Crippen LogP contribution is -2.49. The molecular formula is C23H24F3N5O4. The highest BCUT2D eigenvalue weighted by Gasteiger charge is 2.30. The number of carbonyl (C=O) groups is 1. The summed E-state index contributed by atoms with van der Waals surface area (Å²) >= 11 is 0. The number of ether oxygens (including phenoxy) is 2. The van der Waals surface area contributed by atoms with Crippen LogP contribution in [-0.4, -0.2) is 66.4 Å². The Labute approximate surface area is 199 Å². The zero-order chi connectivity index (χ0) is 25.0. The molecule has 3 aromatic rings. The van der Waals surface area contributed by atoms with Crippen LogP contribution in [-0.2, 0) is 12.7 Å². The molecule has 1 saturated heterocycles. The van der Waals surface area contributed by atoms with Gasteiger partial charge in [-0.05, 0) is 36.4 Å². The van der Waals surface area contributed by atoms with Crippen molar-refractivity contribution in [3.8, 4) is 23.0 Å². The van der Waals surface area contributed by atoms with E-state index in [9.17, 15) is 18.0 Å². The van der Waals surface area contributed by atoms with Gasteiger partial charge in [0.25, 0.3) is 5.89 Å². The van der Waals surface area contributed by atoms with Gasteiger partial charge in [0.2, 0.25) is 0 Å². The summed E-state index contributed by atoms with van der Waals surface area (Å²) in [4.78, 5) is 20.8. The second-order valence-electron chi connectivity index (χ2n) is 7.85. The normalized spacial score (nSPS) is 14.6. The lowest BCUT2D eigenvalue weighted by molar-refractivity contribution is -0.137. The quantitative estimate of drug-likeness (QED) is 0.555. The van der Waals surface area contributed by atoms with Crippen molar-refractivity contribution in [2.75, 3.05) is 45.7 Å². The highest BCUT2D eigenvalue weighted by molar-refractivity contribution is 5.91. The molecule has 0 saturated carbocycles. The number of aromatic nitrogens is 2. The van der Waals surface area contributed by atoms with Crippen molar-refractivity contribution < 1.29 is 32.0 Å². The highest BCUT2D eigenvalue weighted by atomic mass is 19.4. The number of nitrogens with one attached hydrogen (secondary N) is 1. The van der Waals surface area contributed by atoms with Gasteiger partial charge in [0.1, 0.15) is 11.5 Å². The molecule has 1 aromatic heterocycles. The lowest BCUT2D eigenvalue weighted by Gasteiger charge is -2.34. The van der Waals surface area contributed by atoms with Crippen LogP contribution in [0.1, 0.15) is 11.4 Å². The van der Waals surface area contributed by atoms with Crippen LogP contribution >= 0.6 is 0 Å². The van der Waals surface area contributed by atoms with Crippen LogP contribution < -0.4 is 14.8 Å². The molecular weight excluding hydrogens is 467 g/mol. The molecule has 35 heavy (non-hydrogen) atoms. The lowest BCUT2D eigenvalue weighted by atomic mass is 10.1. The Morgan fingerprint density at radius 1 is 1.06 bits per heavy atom. The van der Waals surface area contributed by atoms with E-state index in [1.807, 2.05) is 0 Å². The Hall–Kier alpha value is -3.80. The van der Waals surface area contributed by atoms with Gasteiger partial charge in [0, 0.05) is 37.8 Å². The number of nitrogens with zero attached hydrogens (tertiary/aromatic N) is 4. The molecule has 1 N–H and O–H groups in total. The Kier molecular flexibility index (Phi) is 7.10. The van der Waals surface area contributed by atoms with Gasteiger partial charge in [-0.1, -0.05) is 5.16 Å². The van der Waals surface area contributed by atoms with Crippen LogP contribution in [0.15, 0.2) is 47.0 Å². The number of rotatable bonds is 6. The highest BCUT2D eigenvalue weighted by Crippen LogP contribution is 2.31. The van der Waals surface area contributed by atoms with E-state index in [-0.39, 0.29) is 11.9 Å². The fourth-order valence-electron chi connectivity index (χ4n) is 3.64. The number of urea groups is 1. The predicted molar refractivity (Wildman–Crippen MR) is 120 cm³/mol. The Morgan fingerprint density at radius 2 is 1.77 bits per heavy atom. The number of benzene rings is 2. The number of hydrogen-bond acceptors (Lipinski definition) is 7. The van der Waals surface area contributed by atoms with Crippen LogP contribution in [0, 0.1) is 0 Å². The van der Waals surface area contributed by atoms with Crippen LogP contribution in [0.5, 0.6) is 11.5 Å². The number of alkyl halides is 3. The minimum atomic E-state index is -4.40. The molecule has 0 unspecified atom stereocenters. The smallest absolute Gasteiger partial charge is 0.416 e. The molecule has 2 heterocycles. The van der Waals surface area contributed by atoms with Gasteiger partial charge >= 0.3 is 12.2 Å². The summed E-state index contributed by atoms with van der Waals surface area (Å²) in [5.41, 5.74) is 0.212. The van der Waals surface area contributed by atoms with E-state index in [2.05, 4.69) is 20.4 Å². The van der Waals surface area contributed by atoms with Crippen LogP contribution in [0.2, 0.25) is 0 Å². The van der Waals surface area contributed by atoms with Gasteiger partial charge in [-0.3, -0.25) is 4.90 Å². The van der Waals surface area contributed by atoms with Crippen molar-refractivity contribution in [2.24, 2.45) is 0 Å². The van der Waals surface area contributed by atoms with E-state index in [0.717, 1.165) is 12.1 Å². The van der Waals surface area contributed by atoms with Crippen LogP contribution in [0.25, 0.3) is 11.5 Å². The molecule has 1 fully saturated rings. The summed E-state index contributed by atoms with van der Waals surface area (Å²) in [5.74, 6) is 1.69. The fraction of sp³-hybridized carbons (Fsp3) is 0.348. The minimum absolute atomic E-state index is 0.153. The van der Waals surface area contributed by atoms with Crippen molar-refractivity contribution in [1.29, 1.82) is 0 Å². The zero-order valence-electron chi connectivity index (χ0n) is 19.1. The fourth-order valence-corrected chi connectivity index (χ4v) is 3.64. The summed E-state index contributed by atoms with van der Waals surface area (Å²) in [5, 5.41) is 6.79. The van der Waals surface area contributed by atoms with E-state index < -0.39 is 11.7 Å². The monoisotopic (exact) mass is 491 g/mol. The van der Waals surface area contributed by atoms with Crippen molar-refractivity contribution in [2.45, 2.75) is 12.7 Å². The van der Waals surface area contributed by atoms with Crippen LogP contribution in [0.4, 0.5) is 23.7 Å². The third kappa shape index (κ3) is 5.83. The SMILES string of the molecule is COc1ccc(NC(=O)N2CCN(Cc3noc(-c4ccc(C(F)(F)F)cc4)n3)CC2)c(OC)c1. The Balaban J connectivity index is 1.30. The third-order valence-electron chi connectivity index (χ3n) is 5.60. The average Bonchev–Trinajstić information content (AvgIpc) is 3.32. The minimum Gasteiger partial charge on any atom is -0.497 e.